The number of nitrogens with one attached hydrogen (secondary N) is 3. The Hall–Kier alpha value is -1.60. The largest absolute Gasteiger partial charge is 0.381 e. The molecular weight excluding hydrogens is 324 g/mol. The molecule has 0 saturated carbocycles. The number of aliphatic imine (C=N–C) groups is 1. The molecule has 0 saturated heterocycles. The van der Waals surface area contributed by atoms with Crippen molar-refractivity contribution in [2.75, 3.05) is 39.9 Å². The third kappa shape index (κ3) is 9.52. The molecule has 1 aromatic rings. The van der Waals surface area contributed by atoms with Crippen LogP contribution in [-0.4, -0.2) is 51.8 Å². The average molecular weight is 355 g/mol. The summed E-state index contributed by atoms with van der Waals surface area (Å²) in [6.45, 7) is 8.09. The van der Waals surface area contributed by atoms with Crippen LogP contribution in [0.3, 0.4) is 0 Å². The van der Waals surface area contributed by atoms with Crippen molar-refractivity contribution < 1.29 is 9.53 Å². The fourth-order valence-corrected chi connectivity index (χ4v) is 2.55. The third-order valence-electron chi connectivity index (χ3n) is 3.11. The van der Waals surface area contributed by atoms with Gasteiger partial charge in [-0.3, -0.25) is 9.79 Å². The molecule has 0 aliphatic rings. The minimum absolute atomic E-state index is 0.00564. The first-order valence-electron chi connectivity index (χ1n) is 8.47. The summed E-state index contributed by atoms with van der Waals surface area (Å²) >= 11 is 1.45. The lowest BCUT2D eigenvalue weighted by Gasteiger charge is -2.12. The summed E-state index contributed by atoms with van der Waals surface area (Å²) in [5, 5.41) is 11.3. The number of guanidine groups is 1. The van der Waals surface area contributed by atoms with E-state index in [1.807, 2.05) is 17.5 Å². The van der Waals surface area contributed by atoms with Crippen LogP contribution in [0, 0.1) is 5.92 Å². The van der Waals surface area contributed by atoms with Crippen LogP contribution in [0.1, 0.15) is 36.4 Å². The maximum absolute atomic E-state index is 11.8. The quantitative estimate of drug-likeness (QED) is 0.323. The lowest BCUT2D eigenvalue weighted by Crippen LogP contribution is -2.39. The Kier molecular flexibility index (Phi) is 10.9. The minimum atomic E-state index is -0.00564. The van der Waals surface area contributed by atoms with Gasteiger partial charge in [-0.1, -0.05) is 19.9 Å². The Morgan fingerprint density at radius 2 is 1.92 bits per heavy atom. The SMILES string of the molecule is CN=C(NCCCNC(=O)c1cccs1)NCCCOCC(C)C. The smallest absolute Gasteiger partial charge is 0.261 e. The summed E-state index contributed by atoms with van der Waals surface area (Å²) in [7, 11) is 1.75. The zero-order chi connectivity index (χ0) is 17.6. The van der Waals surface area contributed by atoms with Crippen molar-refractivity contribution in [2.45, 2.75) is 26.7 Å². The van der Waals surface area contributed by atoms with Crippen molar-refractivity contribution >= 4 is 23.2 Å². The van der Waals surface area contributed by atoms with Gasteiger partial charge in [-0.05, 0) is 30.2 Å². The van der Waals surface area contributed by atoms with Gasteiger partial charge in [0.2, 0.25) is 0 Å². The van der Waals surface area contributed by atoms with E-state index in [-0.39, 0.29) is 5.91 Å². The van der Waals surface area contributed by atoms with Crippen molar-refractivity contribution in [1.82, 2.24) is 16.0 Å². The molecule has 0 aromatic carbocycles. The second kappa shape index (κ2) is 12.8. The first-order chi connectivity index (χ1) is 11.6. The summed E-state index contributed by atoms with van der Waals surface area (Å²) in [5.41, 5.74) is 0. The summed E-state index contributed by atoms with van der Waals surface area (Å²) < 4.78 is 5.54. The van der Waals surface area contributed by atoms with Crippen LogP contribution < -0.4 is 16.0 Å². The van der Waals surface area contributed by atoms with Gasteiger partial charge < -0.3 is 20.7 Å². The summed E-state index contributed by atoms with van der Waals surface area (Å²) in [6, 6.07) is 3.71. The van der Waals surface area contributed by atoms with E-state index in [9.17, 15) is 4.79 Å². The van der Waals surface area contributed by atoms with Gasteiger partial charge in [-0.25, -0.2) is 0 Å². The van der Waals surface area contributed by atoms with Gasteiger partial charge in [0.1, 0.15) is 0 Å². The van der Waals surface area contributed by atoms with Crippen molar-refractivity contribution in [2.24, 2.45) is 10.9 Å². The topological polar surface area (TPSA) is 74.8 Å². The van der Waals surface area contributed by atoms with Crippen LogP contribution in [0.15, 0.2) is 22.5 Å². The first kappa shape index (κ1) is 20.4. The molecule has 3 N–H and O–H groups in total. The number of rotatable bonds is 11. The number of amides is 1. The molecule has 0 spiro atoms. The van der Waals surface area contributed by atoms with Crippen LogP contribution in [0.25, 0.3) is 0 Å². The third-order valence-corrected chi connectivity index (χ3v) is 3.98. The molecule has 0 aliphatic carbocycles. The molecule has 1 aromatic heterocycles. The molecule has 7 heteroatoms. The van der Waals surface area contributed by atoms with Gasteiger partial charge >= 0.3 is 0 Å². The molecule has 24 heavy (non-hydrogen) atoms. The number of carbonyl (C=O) groups excluding carboxylic acids is 1. The second-order valence-electron chi connectivity index (χ2n) is 5.83. The van der Waals surface area contributed by atoms with E-state index < -0.39 is 0 Å². The standard InChI is InChI=1S/C17H30N4O2S/c1-14(2)13-23-11-6-10-21-17(18-3)20-9-5-8-19-16(22)15-7-4-12-24-15/h4,7,12,14H,5-6,8-11,13H2,1-3H3,(H,19,22)(H2,18,20,21). The predicted octanol–water partition coefficient (Wildman–Crippen LogP) is 2.10. The summed E-state index contributed by atoms with van der Waals surface area (Å²) in [4.78, 5) is 16.7. The number of carbonyl (C=O) groups is 1. The highest BCUT2D eigenvalue weighted by Crippen LogP contribution is 2.07. The van der Waals surface area contributed by atoms with Crippen LogP contribution >= 0.6 is 11.3 Å². The lowest BCUT2D eigenvalue weighted by molar-refractivity contribution is 0.0957. The number of ether oxygens (including phenoxy) is 1. The fraction of sp³-hybridized carbons (Fsp3) is 0.647. The van der Waals surface area contributed by atoms with E-state index in [1.165, 1.54) is 11.3 Å². The van der Waals surface area contributed by atoms with Crippen LogP contribution in [0.4, 0.5) is 0 Å². The van der Waals surface area contributed by atoms with Gasteiger partial charge in [0.25, 0.3) is 5.91 Å². The maximum Gasteiger partial charge on any atom is 0.261 e. The molecular formula is C17H30N4O2S. The van der Waals surface area contributed by atoms with E-state index in [0.29, 0.717) is 12.5 Å². The Balaban J connectivity index is 2.00. The van der Waals surface area contributed by atoms with Gasteiger partial charge in [0, 0.05) is 39.9 Å². The molecule has 6 nitrogen and oxygen atoms in total. The molecule has 1 amide bonds. The van der Waals surface area contributed by atoms with Crippen molar-refractivity contribution in [3.05, 3.63) is 22.4 Å². The van der Waals surface area contributed by atoms with Crippen LogP contribution in [0.2, 0.25) is 0 Å². The summed E-state index contributed by atoms with van der Waals surface area (Å²) in [5.74, 6) is 1.35. The molecule has 1 rings (SSSR count). The molecule has 0 bridgehead atoms. The number of hydrogen-bond donors (Lipinski definition) is 3. The maximum atomic E-state index is 11.8. The highest BCUT2D eigenvalue weighted by atomic mass is 32.1. The van der Waals surface area contributed by atoms with Crippen molar-refractivity contribution in [3.63, 3.8) is 0 Å². The molecule has 0 unspecified atom stereocenters. The molecule has 1 heterocycles. The number of nitrogens with zero attached hydrogens (tertiary/aromatic N) is 1. The average Bonchev–Trinajstić information content (AvgIpc) is 3.09. The van der Waals surface area contributed by atoms with Gasteiger partial charge in [-0.2, -0.15) is 0 Å². The van der Waals surface area contributed by atoms with E-state index in [2.05, 4.69) is 34.8 Å². The normalized spacial score (nSPS) is 11.6. The molecule has 136 valence electrons. The summed E-state index contributed by atoms with van der Waals surface area (Å²) in [6.07, 6.45) is 1.79. The first-order valence-corrected chi connectivity index (χ1v) is 9.35. The van der Waals surface area contributed by atoms with E-state index >= 15 is 0 Å². The van der Waals surface area contributed by atoms with E-state index in [4.69, 9.17) is 4.74 Å². The van der Waals surface area contributed by atoms with E-state index in [0.717, 1.165) is 50.0 Å². The Morgan fingerprint density at radius 3 is 2.54 bits per heavy atom. The zero-order valence-corrected chi connectivity index (χ0v) is 15.7. The predicted molar refractivity (Wildman–Crippen MR) is 101 cm³/mol. The number of thiophene rings is 1. The molecule has 0 radical (unpaired) electrons. The van der Waals surface area contributed by atoms with Crippen LogP contribution in [-0.2, 0) is 4.74 Å². The molecule has 0 aliphatic heterocycles. The van der Waals surface area contributed by atoms with Crippen LogP contribution in [0.5, 0.6) is 0 Å². The Bertz CT molecular complexity index is 475. The van der Waals surface area contributed by atoms with Gasteiger partial charge in [0.05, 0.1) is 4.88 Å². The monoisotopic (exact) mass is 354 g/mol. The van der Waals surface area contributed by atoms with Crippen molar-refractivity contribution in [1.29, 1.82) is 0 Å². The Labute approximate surface area is 149 Å². The number of hydrogen-bond acceptors (Lipinski definition) is 4. The second-order valence-corrected chi connectivity index (χ2v) is 6.78. The Morgan fingerprint density at radius 1 is 1.21 bits per heavy atom. The van der Waals surface area contributed by atoms with E-state index in [1.54, 1.807) is 7.05 Å². The lowest BCUT2D eigenvalue weighted by atomic mass is 10.2. The highest BCUT2D eigenvalue weighted by molar-refractivity contribution is 7.12. The van der Waals surface area contributed by atoms with Gasteiger partial charge in [-0.15, -0.1) is 11.3 Å². The highest BCUT2D eigenvalue weighted by Gasteiger charge is 2.04. The van der Waals surface area contributed by atoms with Gasteiger partial charge in [0.15, 0.2) is 5.96 Å². The fourth-order valence-electron chi connectivity index (χ4n) is 1.91. The minimum Gasteiger partial charge on any atom is -0.381 e. The zero-order valence-electron chi connectivity index (χ0n) is 14.9. The van der Waals surface area contributed by atoms with Crippen molar-refractivity contribution in [3.8, 4) is 0 Å². The molecule has 0 atom stereocenters. The molecule has 0 fully saturated rings.